The number of aromatic nitrogens is 2. The first-order valence-electron chi connectivity index (χ1n) is 3.99. The molecule has 0 bridgehead atoms. The molecule has 0 saturated heterocycles. The Kier molecular flexibility index (Phi) is 1.98. The molecule has 0 spiro atoms. The van der Waals surface area contributed by atoms with Gasteiger partial charge >= 0.3 is 0 Å². The van der Waals surface area contributed by atoms with Gasteiger partial charge < -0.3 is 9.51 Å². The normalized spacial score (nSPS) is 13.4. The van der Waals surface area contributed by atoms with Gasteiger partial charge in [-0.05, 0) is 11.6 Å². The maximum atomic E-state index is 12.2. The van der Waals surface area contributed by atoms with Crippen LogP contribution >= 0.6 is 0 Å². The van der Waals surface area contributed by atoms with E-state index in [0.29, 0.717) is 0 Å². The summed E-state index contributed by atoms with van der Waals surface area (Å²) in [5, 5.41) is 8.54. The van der Waals surface area contributed by atoms with E-state index in [1.807, 2.05) is 0 Å². The first kappa shape index (κ1) is 8.19. The summed E-state index contributed by atoms with van der Waals surface area (Å²) < 4.78 is 14.0. The lowest BCUT2D eigenvalue weighted by Crippen LogP contribution is -2.03. The molecule has 0 aliphatic rings. The molecule has 1 atom stereocenters. The Balaban J connectivity index is 2.37. The number of imidazole rings is 1. The van der Waals surface area contributed by atoms with Crippen LogP contribution in [0.1, 0.15) is 5.56 Å². The highest BCUT2D eigenvalue weighted by Crippen LogP contribution is 2.07. The second-order valence-electron chi connectivity index (χ2n) is 2.87. The smallest absolute Gasteiger partial charge is 0.200 e. The van der Waals surface area contributed by atoms with E-state index in [1.165, 1.54) is 0 Å². The predicted octanol–water partition coefficient (Wildman–Crippen LogP) is 1.16. The second-order valence-corrected chi connectivity index (χ2v) is 2.87. The summed E-state index contributed by atoms with van der Waals surface area (Å²) in [6.07, 6.45) is 3.44. The van der Waals surface area contributed by atoms with Gasteiger partial charge in [-0.3, -0.25) is 0 Å². The molecule has 0 radical (unpaired) electrons. The number of rotatable bonds is 2. The minimum absolute atomic E-state index is 0.0219. The van der Waals surface area contributed by atoms with Crippen LogP contribution in [0.4, 0.5) is 4.39 Å². The number of aliphatic hydroxyl groups is 1. The molecule has 0 fully saturated rings. The number of aliphatic hydroxyl groups excluding tert-OH is 1. The Morgan fingerprint density at radius 2 is 2.38 bits per heavy atom. The number of hydrogen-bond acceptors (Lipinski definition) is 2. The van der Waals surface area contributed by atoms with Crippen LogP contribution in [-0.2, 0) is 6.42 Å². The fourth-order valence-corrected chi connectivity index (χ4v) is 1.28. The molecule has 2 aromatic heterocycles. The molecule has 4 heteroatoms. The van der Waals surface area contributed by atoms with Crippen molar-refractivity contribution in [1.82, 2.24) is 9.38 Å². The summed E-state index contributed by atoms with van der Waals surface area (Å²) in [4.78, 5) is 4.05. The van der Waals surface area contributed by atoms with Crippen LogP contribution in [0, 0.1) is 0 Å². The van der Waals surface area contributed by atoms with E-state index in [2.05, 4.69) is 4.98 Å². The summed E-state index contributed by atoms with van der Waals surface area (Å²) in [5.74, 6) is 0. The molecule has 13 heavy (non-hydrogen) atoms. The standard InChI is InChI=1S/C9H9FN2O/c10-8(13)5-7-1-2-9-11-3-4-12(9)6-7/h1-4,6,8,13H,5H2. The molecule has 0 aromatic carbocycles. The summed E-state index contributed by atoms with van der Waals surface area (Å²) in [6.45, 7) is 0. The average Bonchev–Trinajstić information content (AvgIpc) is 2.49. The van der Waals surface area contributed by atoms with Gasteiger partial charge in [-0.2, -0.15) is 0 Å². The van der Waals surface area contributed by atoms with Crippen LogP contribution in [0.2, 0.25) is 0 Å². The highest BCUT2D eigenvalue weighted by molar-refractivity contribution is 5.39. The van der Waals surface area contributed by atoms with Gasteiger partial charge in [0.15, 0.2) is 6.36 Å². The van der Waals surface area contributed by atoms with E-state index >= 15 is 0 Å². The Labute approximate surface area is 74.5 Å². The molecule has 3 nitrogen and oxygen atoms in total. The zero-order valence-corrected chi connectivity index (χ0v) is 6.89. The van der Waals surface area contributed by atoms with Crippen molar-refractivity contribution in [1.29, 1.82) is 0 Å². The van der Waals surface area contributed by atoms with Crippen molar-refractivity contribution in [2.75, 3.05) is 0 Å². The lowest BCUT2D eigenvalue weighted by molar-refractivity contribution is 0.0429. The topological polar surface area (TPSA) is 37.5 Å². The minimum atomic E-state index is -1.79. The number of hydrogen-bond donors (Lipinski definition) is 1. The van der Waals surface area contributed by atoms with Crippen LogP contribution in [0.25, 0.3) is 5.65 Å². The van der Waals surface area contributed by atoms with Crippen molar-refractivity contribution in [3.05, 3.63) is 36.3 Å². The molecule has 0 amide bonds. The predicted molar refractivity (Wildman–Crippen MR) is 46.0 cm³/mol. The first-order valence-corrected chi connectivity index (χ1v) is 3.99. The van der Waals surface area contributed by atoms with Gasteiger partial charge in [0, 0.05) is 25.0 Å². The van der Waals surface area contributed by atoms with E-state index in [0.717, 1.165) is 11.2 Å². The Morgan fingerprint density at radius 3 is 3.15 bits per heavy atom. The van der Waals surface area contributed by atoms with Crippen LogP contribution in [-0.4, -0.2) is 20.8 Å². The van der Waals surface area contributed by atoms with Crippen molar-refractivity contribution < 1.29 is 9.50 Å². The monoisotopic (exact) mass is 180 g/mol. The summed E-state index contributed by atoms with van der Waals surface area (Å²) in [6, 6.07) is 3.54. The Hall–Kier alpha value is -1.42. The van der Waals surface area contributed by atoms with Crippen LogP contribution in [0.3, 0.4) is 0 Å². The molecule has 1 unspecified atom stereocenters. The van der Waals surface area contributed by atoms with Gasteiger partial charge in [-0.1, -0.05) is 6.07 Å². The largest absolute Gasteiger partial charge is 0.364 e. The number of fused-ring (bicyclic) bond motifs is 1. The minimum Gasteiger partial charge on any atom is -0.364 e. The molecule has 2 rings (SSSR count). The second kappa shape index (κ2) is 3.14. The zero-order chi connectivity index (χ0) is 9.26. The van der Waals surface area contributed by atoms with Crippen molar-refractivity contribution in [2.24, 2.45) is 0 Å². The van der Waals surface area contributed by atoms with Gasteiger partial charge in [-0.25, -0.2) is 9.37 Å². The number of nitrogens with zero attached hydrogens (tertiary/aromatic N) is 2. The van der Waals surface area contributed by atoms with Crippen molar-refractivity contribution in [3.8, 4) is 0 Å². The lowest BCUT2D eigenvalue weighted by atomic mass is 10.2. The third kappa shape index (κ3) is 1.67. The van der Waals surface area contributed by atoms with Crippen LogP contribution in [0.5, 0.6) is 0 Å². The molecular weight excluding hydrogens is 171 g/mol. The highest BCUT2D eigenvalue weighted by Gasteiger charge is 2.02. The van der Waals surface area contributed by atoms with Gasteiger partial charge in [0.1, 0.15) is 5.65 Å². The molecular formula is C9H9FN2O. The lowest BCUT2D eigenvalue weighted by Gasteiger charge is -2.01. The summed E-state index contributed by atoms with van der Waals surface area (Å²) in [5.41, 5.74) is 1.57. The third-order valence-electron chi connectivity index (χ3n) is 1.85. The molecule has 2 aromatic rings. The van der Waals surface area contributed by atoms with Gasteiger partial charge in [0.25, 0.3) is 0 Å². The fraction of sp³-hybridized carbons (Fsp3) is 0.222. The average molecular weight is 180 g/mol. The van der Waals surface area contributed by atoms with E-state index in [9.17, 15) is 4.39 Å². The van der Waals surface area contributed by atoms with Crippen LogP contribution < -0.4 is 0 Å². The fourth-order valence-electron chi connectivity index (χ4n) is 1.28. The summed E-state index contributed by atoms with van der Waals surface area (Å²) >= 11 is 0. The van der Waals surface area contributed by atoms with Gasteiger partial charge in [-0.15, -0.1) is 0 Å². The molecule has 0 saturated carbocycles. The molecule has 0 aliphatic carbocycles. The molecule has 1 N–H and O–H groups in total. The number of alkyl halides is 1. The Bertz CT molecular complexity index is 411. The first-order chi connectivity index (χ1) is 6.25. The maximum absolute atomic E-state index is 12.2. The van der Waals surface area contributed by atoms with Gasteiger partial charge in [0.05, 0.1) is 0 Å². The van der Waals surface area contributed by atoms with Crippen molar-refractivity contribution in [2.45, 2.75) is 12.8 Å². The quantitative estimate of drug-likeness (QED) is 0.753. The van der Waals surface area contributed by atoms with Crippen molar-refractivity contribution in [3.63, 3.8) is 0 Å². The Morgan fingerprint density at radius 1 is 1.54 bits per heavy atom. The van der Waals surface area contributed by atoms with Crippen molar-refractivity contribution >= 4 is 5.65 Å². The van der Waals surface area contributed by atoms with E-state index in [1.54, 1.807) is 35.1 Å². The molecule has 0 aliphatic heterocycles. The van der Waals surface area contributed by atoms with Gasteiger partial charge in [0.2, 0.25) is 0 Å². The SMILES string of the molecule is OC(F)Cc1ccc2nccn2c1. The number of pyridine rings is 1. The number of halogens is 1. The highest BCUT2D eigenvalue weighted by atomic mass is 19.1. The summed E-state index contributed by atoms with van der Waals surface area (Å²) in [7, 11) is 0. The molecule has 2 heterocycles. The van der Waals surface area contributed by atoms with E-state index in [-0.39, 0.29) is 6.42 Å². The zero-order valence-electron chi connectivity index (χ0n) is 6.89. The third-order valence-corrected chi connectivity index (χ3v) is 1.85. The van der Waals surface area contributed by atoms with Crippen LogP contribution in [0.15, 0.2) is 30.7 Å². The molecule has 68 valence electrons. The van der Waals surface area contributed by atoms with E-state index in [4.69, 9.17) is 5.11 Å². The maximum Gasteiger partial charge on any atom is 0.200 e. The van der Waals surface area contributed by atoms with E-state index < -0.39 is 6.36 Å².